The lowest BCUT2D eigenvalue weighted by molar-refractivity contribution is 0.0526. The highest BCUT2D eigenvalue weighted by molar-refractivity contribution is 14.0. The van der Waals surface area contributed by atoms with Gasteiger partial charge in [-0.25, -0.2) is 0 Å². The molecule has 2 heterocycles. The molecule has 2 unspecified atom stereocenters. The summed E-state index contributed by atoms with van der Waals surface area (Å²) >= 11 is 0. The van der Waals surface area contributed by atoms with Crippen molar-refractivity contribution in [3.8, 4) is 11.5 Å². The van der Waals surface area contributed by atoms with Crippen LogP contribution in [0, 0.1) is 0 Å². The second kappa shape index (κ2) is 11.6. The maximum Gasteiger partial charge on any atom is 0.191 e. The summed E-state index contributed by atoms with van der Waals surface area (Å²) in [4.78, 5) is 7.09. The monoisotopic (exact) mass is 542 g/mol. The van der Waals surface area contributed by atoms with Crippen LogP contribution in [0.1, 0.15) is 63.4 Å². The fourth-order valence-electron chi connectivity index (χ4n) is 5.40. The number of aliphatic imine (C=N–C) groups is 1. The van der Waals surface area contributed by atoms with E-state index in [1.165, 1.54) is 44.9 Å². The van der Waals surface area contributed by atoms with Crippen LogP contribution >= 0.6 is 24.0 Å². The second-order valence-corrected chi connectivity index (χ2v) is 9.14. The molecule has 3 aliphatic rings. The van der Waals surface area contributed by atoms with E-state index in [-0.39, 0.29) is 24.0 Å². The third-order valence-corrected chi connectivity index (χ3v) is 7.22. The summed E-state index contributed by atoms with van der Waals surface area (Å²) in [6, 6.07) is 8.04. The van der Waals surface area contributed by atoms with Gasteiger partial charge in [0.1, 0.15) is 11.5 Å². The second-order valence-electron chi connectivity index (χ2n) is 9.14. The van der Waals surface area contributed by atoms with Crippen LogP contribution in [0.2, 0.25) is 0 Å². The zero-order chi connectivity index (χ0) is 20.9. The number of guanidine groups is 1. The molecule has 0 aromatic heterocycles. The normalized spacial score (nSPS) is 26.8. The highest BCUT2D eigenvalue weighted by atomic mass is 127. The van der Waals surface area contributed by atoms with Crippen molar-refractivity contribution in [2.45, 2.75) is 88.6 Å². The lowest BCUT2D eigenvalue weighted by Gasteiger charge is -2.47. The molecule has 0 spiro atoms. The Morgan fingerprint density at radius 1 is 1.10 bits per heavy atom. The van der Waals surface area contributed by atoms with Crippen molar-refractivity contribution in [3.63, 3.8) is 0 Å². The van der Waals surface area contributed by atoms with Gasteiger partial charge in [-0.15, -0.1) is 24.0 Å². The van der Waals surface area contributed by atoms with Gasteiger partial charge in [0.05, 0.1) is 13.2 Å². The van der Waals surface area contributed by atoms with Crippen LogP contribution in [0.25, 0.3) is 0 Å². The average Bonchev–Trinajstić information content (AvgIpc) is 3.25. The first-order valence-electron chi connectivity index (χ1n) is 11.7. The van der Waals surface area contributed by atoms with Crippen LogP contribution in [0.5, 0.6) is 11.5 Å². The van der Waals surface area contributed by atoms with Gasteiger partial charge >= 0.3 is 0 Å². The Hall–Kier alpha value is -1.22. The standard InChI is InChI=1S/C24H38N4O2.HI/c1-25-24(27-18-13-19-7-6-8-20(14-18)28(19)2)26-16-17-11-12-22(29-3)15-23(17)30-21-9-4-5-10-21;/h11-12,15,18-21H,4-10,13-14,16H2,1-3H3,(H2,25,26,27);1H. The van der Waals surface area contributed by atoms with Crippen LogP contribution in [0.4, 0.5) is 0 Å². The van der Waals surface area contributed by atoms with Crippen molar-refractivity contribution in [1.82, 2.24) is 15.5 Å². The third-order valence-electron chi connectivity index (χ3n) is 7.22. The lowest BCUT2D eigenvalue weighted by atomic mass is 9.82. The number of nitrogens with zero attached hydrogens (tertiary/aromatic N) is 2. The molecule has 2 atom stereocenters. The van der Waals surface area contributed by atoms with Crippen molar-refractivity contribution in [2.24, 2.45) is 4.99 Å². The molecular formula is C24H39IN4O2. The number of ether oxygens (including phenoxy) is 2. The maximum atomic E-state index is 6.34. The van der Waals surface area contributed by atoms with Gasteiger partial charge in [-0.1, -0.05) is 6.42 Å². The van der Waals surface area contributed by atoms with E-state index >= 15 is 0 Å². The Labute approximate surface area is 204 Å². The number of rotatable bonds is 6. The topological polar surface area (TPSA) is 58.1 Å². The van der Waals surface area contributed by atoms with E-state index in [1.807, 2.05) is 19.2 Å². The fourth-order valence-corrected chi connectivity index (χ4v) is 5.40. The predicted molar refractivity (Wildman–Crippen MR) is 137 cm³/mol. The quantitative estimate of drug-likeness (QED) is 0.319. The SMILES string of the molecule is CN=C(NCc1ccc(OC)cc1OC1CCCC1)NC1CC2CCCC(C1)N2C.I. The molecule has 1 aromatic carbocycles. The van der Waals surface area contributed by atoms with E-state index in [9.17, 15) is 0 Å². The molecule has 2 saturated heterocycles. The van der Waals surface area contributed by atoms with Crippen LogP contribution < -0.4 is 20.1 Å². The van der Waals surface area contributed by atoms with E-state index in [2.05, 4.69) is 33.6 Å². The number of fused-ring (bicyclic) bond motifs is 2. The van der Waals surface area contributed by atoms with E-state index in [1.54, 1.807) is 7.11 Å². The van der Waals surface area contributed by atoms with E-state index < -0.39 is 0 Å². The minimum Gasteiger partial charge on any atom is -0.497 e. The Kier molecular flexibility index (Phi) is 9.13. The van der Waals surface area contributed by atoms with Crippen molar-refractivity contribution < 1.29 is 9.47 Å². The zero-order valence-corrected chi connectivity index (χ0v) is 21.6. The fraction of sp³-hybridized carbons (Fsp3) is 0.708. The highest BCUT2D eigenvalue weighted by Gasteiger charge is 2.36. The van der Waals surface area contributed by atoms with Gasteiger partial charge in [0.15, 0.2) is 5.96 Å². The average molecular weight is 543 g/mol. The molecule has 174 valence electrons. The summed E-state index contributed by atoms with van der Waals surface area (Å²) in [7, 11) is 5.86. The first-order valence-corrected chi connectivity index (χ1v) is 11.7. The zero-order valence-electron chi connectivity index (χ0n) is 19.2. The van der Waals surface area contributed by atoms with Crippen molar-refractivity contribution in [2.75, 3.05) is 21.2 Å². The summed E-state index contributed by atoms with van der Waals surface area (Å²) in [5, 5.41) is 7.20. The van der Waals surface area contributed by atoms with Gasteiger partial charge in [0, 0.05) is 43.3 Å². The molecule has 2 aliphatic heterocycles. The highest BCUT2D eigenvalue weighted by Crippen LogP contribution is 2.33. The molecule has 1 saturated carbocycles. The van der Waals surface area contributed by atoms with Crippen LogP contribution in [0.3, 0.4) is 0 Å². The van der Waals surface area contributed by atoms with Gasteiger partial charge in [-0.2, -0.15) is 0 Å². The van der Waals surface area contributed by atoms with Gasteiger partial charge in [-0.3, -0.25) is 4.99 Å². The first kappa shape index (κ1) is 24.4. The number of hydrogen-bond donors (Lipinski definition) is 2. The molecule has 31 heavy (non-hydrogen) atoms. The predicted octanol–water partition coefficient (Wildman–Crippen LogP) is 4.31. The number of halogens is 1. The molecule has 3 fully saturated rings. The van der Waals surface area contributed by atoms with Gasteiger partial charge in [0.2, 0.25) is 0 Å². The molecule has 2 bridgehead atoms. The molecule has 2 N–H and O–H groups in total. The van der Waals surface area contributed by atoms with Crippen LogP contribution in [-0.4, -0.2) is 56.3 Å². The lowest BCUT2D eigenvalue weighted by Crippen LogP contribution is -2.56. The molecule has 7 heteroatoms. The Balaban J connectivity index is 0.00000272. The minimum atomic E-state index is 0. The summed E-state index contributed by atoms with van der Waals surface area (Å²) in [6.45, 7) is 0.686. The number of benzene rings is 1. The Bertz CT molecular complexity index is 724. The van der Waals surface area contributed by atoms with Crippen molar-refractivity contribution in [3.05, 3.63) is 23.8 Å². The maximum absolute atomic E-state index is 6.34. The van der Waals surface area contributed by atoms with E-state index in [0.717, 1.165) is 35.9 Å². The molecule has 0 radical (unpaired) electrons. The summed E-state index contributed by atoms with van der Waals surface area (Å²) in [5.41, 5.74) is 1.14. The molecule has 1 aromatic rings. The van der Waals surface area contributed by atoms with E-state index in [4.69, 9.17) is 9.47 Å². The van der Waals surface area contributed by atoms with Crippen LogP contribution in [-0.2, 0) is 6.54 Å². The number of hydrogen-bond acceptors (Lipinski definition) is 4. The molecule has 1 aliphatic carbocycles. The molecule has 0 amide bonds. The van der Waals surface area contributed by atoms with Gasteiger partial charge in [0.25, 0.3) is 0 Å². The van der Waals surface area contributed by atoms with Crippen molar-refractivity contribution in [1.29, 1.82) is 0 Å². The Morgan fingerprint density at radius 2 is 1.81 bits per heavy atom. The van der Waals surface area contributed by atoms with E-state index in [0.29, 0.717) is 30.8 Å². The molecular weight excluding hydrogens is 503 g/mol. The first-order chi connectivity index (χ1) is 14.7. The number of nitrogens with one attached hydrogen (secondary N) is 2. The summed E-state index contributed by atoms with van der Waals surface area (Å²) in [6.07, 6.45) is 11.6. The van der Waals surface area contributed by atoms with Crippen molar-refractivity contribution >= 4 is 29.9 Å². The smallest absolute Gasteiger partial charge is 0.191 e. The number of piperidine rings is 2. The summed E-state index contributed by atoms with van der Waals surface area (Å²) < 4.78 is 11.8. The summed E-state index contributed by atoms with van der Waals surface area (Å²) in [5.74, 6) is 2.65. The van der Waals surface area contributed by atoms with Crippen LogP contribution in [0.15, 0.2) is 23.2 Å². The Morgan fingerprint density at radius 3 is 2.45 bits per heavy atom. The molecule has 6 nitrogen and oxygen atoms in total. The largest absolute Gasteiger partial charge is 0.497 e. The minimum absolute atomic E-state index is 0. The van der Waals surface area contributed by atoms with Gasteiger partial charge < -0.3 is 25.0 Å². The molecule has 4 rings (SSSR count). The third kappa shape index (κ3) is 6.18. The number of methoxy groups -OCH3 is 1. The van der Waals surface area contributed by atoms with Gasteiger partial charge in [-0.05, 0) is 70.5 Å².